The lowest BCUT2D eigenvalue weighted by molar-refractivity contribution is 0.0698. The van der Waals surface area contributed by atoms with Crippen LogP contribution in [0.5, 0.6) is 0 Å². The van der Waals surface area contributed by atoms with Crippen LogP contribution in [0.4, 0.5) is 0 Å². The second kappa shape index (κ2) is 13.6. The summed E-state index contributed by atoms with van der Waals surface area (Å²) in [4.78, 5) is 4.30. The minimum Gasteiger partial charge on any atom is -0.382 e. The summed E-state index contributed by atoms with van der Waals surface area (Å²) in [6, 6.07) is 0.473. The van der Waals surface area contributed by atoms with E-state index in [1.54, 1.807) is 7.11 Å². The lowest BCUT2D eigenvalue weighted by atomic mass is 9.85. The van der Waals surface area contributed by atoms with Crippen LogP contribution in [0.3, 0.4) is 0 Å². The molecule has 2 N–H and O–H groups in total. The molecule has 1 unspecified atom stereocenters. The number of nitrogens with zero attached hydrogens (tertiary/aromatic N) is 1. The first kappa shape index (κ1) is 20.2. The molecule has 0 saturated heterocycles. The van der Waals surface area contributed by atoms with Crippen molar-refractivity contribution in [3.63, 3.8) is 0 Å². The highest BCUT2D eigenvalue weighted by Gasteiger charge is 2.14. The quantitative estimate of drug-likeness (QED) is 0.348. The Morgan fingerprint density at radius 1 is 1.17 bits per heavy atom. The van der Waals surface area contributed by atoms with Gasteiger partial charge in [-0.05, 0) is 32.1 Å². The van der Waals surface area contributed by atoms with Crippen LogP contribution < -0.4 is 10.6 Å². The number of guanidine groups is 1. The van der Waals surface area contributed by atoms with Crippen molar-refractivity contribution in [2.45, 2.75) is 64.3 Å². The molecule has 23 heavy (non-hydrogen) atoms. The molecule has 136 valence electrons. The normalized spacial score (nSPS) is 18.0. The zero-order valence-corrected chi connectivity index (χ0v) is 15.4. The molecule has 0 aromatic heterocycles. The highest BCUT2D eigenvalue weighted by molar-refractivity contribution is 5.79. The number of hydrogen-bond acceptors (Lipinski definition) is 3. The van der Waals surface area contributed by atoms with Crippen LogP contribution in [0.2, 0.25) is 0 Å². The molecule has 5 nitrogen and oxygen atoms in total. The molecule has 1 atom stereocenters. The van der Waals surface area contributed by atoms with Gasteiger partial charge in [-0.2, -0.15) is 0 Å². The third-order valence-corrected chi connectivity index (χ3v) is 4.53. The van der Waals surface area contributed by atoms with Crippen LogP contribution in [-0.2, 0) is 9.47 Å². The zero-order chi connectivity index (χ0) is 16.8. The van der Waals surface area contributed by atoms with E-state index in [-0.39, 0.29) is 0 Å². The molecule has 1 saturated carbocycles. The average Bonchev–Trinajstić information content (AvgIpc) is 2.59. The van der Waals surface area contributed by atoms with Crippen LogP contribution in [-0.4, -0.2) is 52.5 Å². The van der Waals surface area contributed by atoms with E-state index < -0.39 is 0 Å². The fraction of sp³-hybridized carbons (Fsp3) is 0.944. The monoisotopic (exact) mass is 327 g/mol. The van der Waals surface area contributed by atoms with E-state index in [4.69, 9.17) is 9.47 Å². The van der Waals surface area contributed by atoms with Gasteiger partial charge in [0.2, 0.25) is 0 Å². The van der Waals surface area contributed by atoms with E-state index in [1.165, 1.54) is 44.9 Å². The van der Waals surface area contributed by atoms with Crippen molar-refractivity contribution in [2.24, 2.45) is 10.9 Å². The average molecular weight is 328 g/mol. The van der Waals surface area contributed by atoms with E-state index >= 15 is 0 Å². The van der Waals surface area contributed by atoms with Gasteiger partial charge in [0.25, 0.3) is 0 Å². The van der Waals surface area contributed by atoms with Crippen LogP contribution in [0.15, 0.2) is 4.99 Å². The number of methoxy groups -OCH3 is 1. The van der Waals surface area contributed by atoms with Crippen molar-refractivity contribution in [3.05, 3.63) is 0 Å². The number of ether oxygens (including phenoxy) is 2. The van der Waals surface area contributed by atoms with E-state index in [1.807, 2.05) is 7.05 Å². The van der Waals surface area contributed by atoms with Gasteiger partial charge in [-0.3, -0.25) is 4.99 Å². The number of rotatable bonds is 11. The molecule has 0 aromatic carbocycles. The fourth-order valence-electron chi connectivity index (χ4n) is 3.09. The first-order chi connectivity index (χ1) is 11.3. The summed E-state index contributed by atoms with van der Waals surface area (Å²) in [5.74, 6) is 1.85. The number of hydrogen-bond donors (Lipinski definition) is 2. The van der Waals surface area contributed by atoms with Gasteiger partial charge in [0, 0.05) is 33.4 Å². The molecule has 0 spiro atoms. The van der Waals surface area contributed by atoms with E-state index in [0.29, 0.717) is 19.3 Å². The number of aliphatic imine (C=N–C) groups is 1. The molecule has 0 aliphatic heterocycles. The van der Waals surface area contributed by atoms with Crippen molar-refractivity contribution < 1.29 is 9.47 Å². The fourth-order valence-corrected chi connectivity index (χ4v) is 3.09. The summed E-state index contributed by atoms with van der Waals surface area (Å²) in [5, 5.41) is 6.85. The van der Waals surface area contributed by atoms with E-state index in [2.05, 4.69) is 22.5 Å². The molecule has 1 rings (SSSR count). The third kappa shape index (κ3) is 10.6. The Kier molecular flexibility index (Phi) is 12.0. The standard InChI is InChI=1S/C18H37N3O2/c1-16(10-11-17-8-5-4-6-9-17)21-18(19-2)20-12-7-13-23-15-14-22-3/h16-17H,4-15H2,1-3H3,(H2,19,20,21). The maximum atomic E-state index is 5.45. The van der Waals surface area contributed by atoms with Crippen LogP contribution in [0, 0.1) is 5.92 Å². The van der Waals surface area contributed by atoms with Gasteiger partial charge in [-0.15, -0.1) is 0 Å². The van der Waals surface area contributed by atoms with E-state index in [0.717, 1.165) is 31.4 Å². The molecule has 1 aliphatic carbocycles. The van der Waals surface area contributed by atoms with Crippen molar-refractivity contribution in [1.82, 2.24) is 10.6 Å². The van der Waals surface area contributed by atoms with Gasteiger partial charge in [0.15, 0.2) is 5.96 Å². The Balaban J connectivity index is 2.05. The Morgan fingerprint density at radius 3 is 2.65 bits per heavy atom. The van der Waals surface area contributed by atoms with Crippen molar-refractivity contribution in [2.75, 3.05) is 40.5 Å². The van der Waals surface area contributed by atoms with Crippen LogP contribution in [0.1, 0.15) is 58.3 Å². The molecule has 0 heterocycles. The topological polar surface area (TPSA) is 54.9 Å². The minimum absolute atomic E-state index is 0.473. The van der Waals surface area contributed by atoms with Crippen LogP contribution >= 0.6 is 0 Å². The van der Waals surface area contributed by atoms with Gasteiger partial charge in [0.05, 0.1) is 13.2 Å². The van der Waals surface area contributed by atoms with E-state index in [9.17, 15) is 0 Å². The van der Waals surface area contributed by atoms with Gasteiger partial charge in [-0.1, -0.05) is 32.1 Å². The van der Waals surface area contributed by atoms with Gasteiger partial charge < -0.3 is 20.1 Å². The minimum atomic E-state index is 0.473. The van der Waals surface area contributed by atoms with Crippen molar-refractivity contribution in [3.8, 4) is 0 Å². The maximum Gasteiger partial charge on any atom is 0.191 e. The predicted molar refractivity (Wildman–Crippen MR) is 97.1 cm³/mol. The Labute approximate surface area is 142 Å². The summed E-state index contributed by atoms with van der Waals surface area (Å²) in [7, 11) is 3.52. The lowest BCUT2D eigenvalue weighted by Crippen LogP contribution is -2.42. The van der Waals surface area contributed by atoms with Crippen molar-refractivity contribution in [1.29, 1.82) is 0 Å². The summed E-state index contributed by atoms with van der Waals surface area (Å²) in [5.41, 5.74) is 0. The molecule has 0 amide bonds. The summed E-state index contributed by atoms with van der Waals surface area (Å²) in [6.07, 6.45) is 10.7. The SMILES string of the molecule is CN=C(NCCCOCCOC)NC(C)CCC1CCCCC1. The Morgan fingerprint density at radius 2 is 1.96 bits per heavy atom. The first-order valence-electron chi connectivity index (χ1n) is 9.30. The van der Waals surface area contributed by atoms with Gasteiger partial charge in [0.1, 0.15) is 0 Å². The van der Waals surface area contributed by atoms with Gasteiger partial charge in [-0.25, -0.2) is 0 Å². The van der Waals surface area contributed by atoms with Gasteiger partial charge >= 0.3 is 0 Å². The predicted octanol–water partition coefficient (Wildman–Crippen LogP) is 2.95. The summed E-state index contributed by atoms with van der Waals surface area (Å²) < 4.78 is 10.4. The molecule has 0 bridgehead atoms. The molecular formula is C18H37N3O2. The molecule has 5 heteroatoms. The van der Waals surface area contributed by atoms with Crippen LogP contribution in [0.25, 0.3) is 0 Å². The molecule has 0 radical (unpaired) electrons. The van der Waals surface area contributed by atoms with Crippen molar-refractivity contribution >= 4 is 5.96 Å². The zero-order valence-electron chi connectivity index (χ0n) is 15.4. The third-order valence-electron chi connectivity index (χ3n) is 4.53. The highest BCUT2D eigenvalue weighted by atomic mass is 16.5. The smallest absolute Gasteiger partial charge is 0.191 e. The summed E-state index contributed by atoms with van der Waals surface area (Å²) >= 11 is 0. The molecule has 1 fully saturated rings. The first-order valence-corrected chi connectivity index (χ1v) is 9.30. The summed E-state index contributed by atoms with van der Waals surface area (Å²) in [6.45, 7) is 5.22. The Hall–Kier alpha value is -0.810. The maximum absolute atomic E-state index is 5.45. The Bertz CT molecular complexity index is 305. The highest BCUT2D eigenvalue weighted by Crippen LogP contribution is 2.27. The molecule has 0 aromatic rings. The second-order valence-electron chi connectivity index (χ2n) is 6.58. The largest absolute Gasteiger partial charge is 0.382 e. The second-order valence-corrected chi connectivity index (χ2v) is 6.58. The molecule has 1 aliphatic rings. The number of nitrogens with one attached hydrogen (secondary N) is 2. The lowest BCUT2D eigenvalue weighted by Gasteiger charge is -2.24. The molecular weight excluding hydrogens is 290 g/mol.